The summed E-state index contributed by atoms with van der Waals surface area (Å²) in [6.07, 6.45) is -10.9. The average Bonchev–Trinajstić information content (AvgIpc) is 2.81. The van der Waals surface area contributed by atoms with E-state index in [4.69, 9.17) is 14.2 Å². The molecular formula is C25H22F6O5. The molecule has 0 radical (unpaired) electrons. The fourth-order valence-corrected chi connectivity index (χ4v) is 3.34. The number of hydrogen-bond acceptors (Lipinski definition) is 5. The summed E-state index contributed by atoms with van der Waals surface area (Å²) in [4.78, 5) is 22.7. The first-order chi connectivity index (χ1) is 16.8. The zero-order valence-electron chi connectivity index (χ0n) is 19.0. The molecule has 2 rings (SSSR count). The standard InChI is InChI=1S/C25H22F6O5/c1-4-21(32)35-15-20(36-22(33)5-2)14-34-19-12-10-18(11-13-19)23(24(26,27)28,25(29,30)31)17-8-6-16(3)7-9-17/h4-13,20H,1-2,14-15H2,3H3. The zero-order valence-corrected chi connectivity index (χ0v) is 19.0. The molecule has 0 heterocycles. The number of halogens is 6. The van der Waals surface area contributed by atoms with E-state index in [9.17, 15) is 35.9 Å². The normalized spacial score (nSPS) is 12.9. The second kappa shape index (κ2) is 11.3. The first-order valence-electron chi connectivity index (χ1n) is 10.3. The van der Waals surface area contributed by atoms with Crippen LogP contribution in [0.1, 0.15) is 16.7 Å². The summed E-state index contributed by atoms with van der Waals surface area (Å²) in [6.45, 7) is 7.10. The lowest BCUT2D eigenvalue weighted by atomic mass is 9.72. The van der Waals surface area contributed by atoms with Crippen molar-refractivity contribution in [2.24, 2.45) is 0 Å². The molecule has 0 aromatic heterocycles. The van der Waals surface area contributed by atoms with Gasteiger partial charge in [-0.3, -0.25) is 0 Å². The van der Waals surface area contributed by atoms with Crippen molar-refractivity contribution in [2.45, 2.75) is 30.8 Å². The maximum Gasteiger partial charge on any atom is 0.411 e. The van der Waals surface area contributed by atoms with Crippen molar-refractivity contribution in [1.82, 2.24) is 0 Å². The van der Waals surface area contributed by atoms with Gasteiger partial charge in [-0.25, -0.2) is 9.59 Å². The van der Waals surface area contributed by atoms with Crippen molar-refractivity contribution in [2.75, 3.05) is 13.2 Å². The van der Waals surface area contributed by atoms with E-state index in [1.165, 1.54) is 19.1 Å². The monoisotopic (exact) mass is 516 g/mol. The van der Waals surface area contributed by atoms with Crippen LogP contribution in [0.2, 0.25) is 0 Å². The van der Waals surface area contributed by atoms with Crippen molar-refractivity contribution in [1.29, 1.82) is 0 Å². The van der Waals surface area contributed by atoms with Gasteiger partial charge in [0.05, 0.1) is 0 Å². The van der Waals surface area contributed by atoms with Crippen molar-refractivity contribution >= 4 is 11.9 Å². The summed E-state index contributed by atoms with van der Waals surface area (Å²) in [5, 5.41) is 0. The van der Waals surface area contributed by atoms with Gasteiger partial charge in [0, 0.05) is 12.2 Å². The van der Waals surface area contributed by atoms with Gasteiger partial charge >= 0.3 is 24.3 Å². The molecule has 0 aliphatic carbocycles. The van der Waals surface area contributed by atoms with Crippen LogP contribution >= 0.6 is 0 Å². The van der Waals surface area contributed by atoms with E-state index in [-0.39, 0.29) is 5.75 Å². The number of hydrogen-bond donors (Lipinski definition) is 0. The number of carbonyl (C=O) groups excluding carboxylic acids is 2. The SMILES string of the molecule is C=CC(=O)OCC(COc1ccc(C(c2ccc(C)cc2)(C(F)(F)F)C(F)(F)F)cc1)OC(=O)C=C. The van der Waals surface area contributed by atoms with E-state index in [0.29, 0.717) is 17.7 Å². The number of alkyl halides is 6. The third kappa shape index (κ3) is 6.27. The van der Waals surface area contributed by atoms with Gasteiger partial charge in [-0.2, -0.15) is 26.3 Å². The van der Waals surface area contributed by atoms with Crippen LogP contribution in [0.25, 0.3) is 0 Å². The molecule has 194 valence electrons. The van der Waals surface area contributed by atoms with E-state index in [1.54, 1.807) is 0 Å². The highest BCUT2D eigenvalue weighted by Gasteiger charge is 2.72. The van der Waals surface area contributed by atoms with Gasteiger partial charge in [-0.1, -0.05) is 55.1 Å². The third-order valence-corrected chi connectivity index (χ3v) is 5.09. The molecule has 0 aliphatic heterocycles. The summed E-state index contributed by atoms with van der Waals surface area (Å²) < 4.78 is 100. The second-order valence-corrected chi connectivity index (χ2v) is 7.54. The van der Waals surface area contributed by atoms with Gasteiger partial charge in [0.1, 0.15) is 19.0 Å². The van der Waals surface area contributed by atoms with Gasteiger partial charge in [-0.05, 0) is 30.2 Å². The summed E-state index contributed by atoms with van der Waals surface area (Å²) >= 11 is 0. The lowest BCUT2D eigenvalue weighted by Crippen LogP contribution is -2.54. The summed E-state index contributed by atoms with van der Waals surface area (Å²) in [6, 6.07) is 7.12. The molecule has 0 saturated heterocycles. The van der Waals surface area contributed by atoms with Crippen molar-refractivity contribution in [3.8, 4) is 5.75 Å². The fourth-order valence-electron chi connectivity index (χ4n) is 3.34. The molecule has 0 amide bonds. The minimum absolute atomic E-state index is 0.115. The van der Waals surface area contributed by atoms with Crippen LogP contribution in [0, 0.1) is 6.92 Å². The van der Waals surface area contributed by atoms with E-state index in [2.05, 4.69) is 13.2 Å². The highest BCUT2D eigenvalue weighted by molar-refractivity contribution is 5.82. The number of esters is 2. The van der Waals surface area contributed by atoms with Crippen molar-refractivity contribution in [3.05, 3.63) is 90.5 Å². The molecule has 36 heavy (non-hydrogen) atoms. The predicted octanol–water partition coefficient (Wildman–Crippen LogP) is 5.61. The van der Waals surface area contributed by atoms with Gasteiger partial charge in [0.15, 0.2) is 6.10 Å². The van der Waals surface area contributed by atoms with E-state index in [0.717, 1.165) is 36.4 Å². The smallest absolute Gasteiger partial charge is 0.411 e. The zero-order chi connectivity index (χ0) is 27.1. The quantitative estimate of drug-likeness (QED) is 0.233. The van der Waals surface area contributed by atoms with Crippen LogP contribution in [-0.4, -0.2) is 43.6 Å². The Morgan fingerprint density at radius 3 is 1.72 bits per heavy atom. The molecule has 0 aliphatic rings. The van der Waals surface area contributed by atoms with Crippen molar-refractivity contribution < 1.29 is 50.1 Å². The Labute approximate surface area is 203 Å². The highest BCUT2D eigenvalue weighted by Crippen LogP contribution is 2.56. The van der Waals surface area contributed by atoms with Crippen LogP contribution in [0.15, 0.2) is 73.8 Å². The van der Waals surface area contributed by atoms with E-state index < -0.39 is 60.2 Å². The summed E-state index contributed by atoms with van der Waals surface area (Å²) in [5.74, 6) is -1.80. The van der Waals surface area contributed by atoms with Crippen LogP contribution in [0.4, 0.5) is 26.3 Å². The Morgan fingerprint density at radius 2 is 1.28 bits per heavy atom. The lowest BCUT2D eigenvalue weighted by Gasteiger charge is -2.38. The predicted molar refractivity (Wildman–Crippen MR) is 117 cm³/mol. The number of aryl methyl sites for hydroxylation is 1. The minimum atomic E-state index is -5.72. The topological polar surface area (TPSA) is 61.8 Å². The second-order valence-electron chi connectivity index (χ2n) is 7.54. The van der Waals surface area contributed by atoms with Gasteiger partial charge in [-0.15, -0.1) is 0 Å². The first-order valence-corrected chi connectivity index (χ1v) is 10.3. The highest BCUT2D eigenvalue weighted by atomic mass is 19.4. The molecule has 1 atom stereocenters. The maximum absolute atomic E-state index is 14.2. The van der Waals surface area contributed by atoms with Crippen LogP contribution in [0.3, 0.4) is 0 Å². The molecule has 0 spiro atoms. The summed E-state index contributed by atoms with van der Waals surface area (Å²) in [5.41, 5.74) is -5.84. The number of rotatable bonds is 10. The molecule has 2 aromatic carbocycles. The Kier molecular flexibility index (Phi) is 8.95. The first kappa shape index (κ1) is 28.5. The van der Waals surface area contributed by atoms with Gasteiger partial charge in [0.25, 0.3) is 0 Å². The number of ether oxygens (including phenoxy) is 3. The molecule has 2 aromatic rings. The number of benzene rings is 2. The molecule has 0 fully saturated rings. The van der Waals surface area contributed by atoms with Gasteiger partial charge < -0.3 is 14.2 Å². The number of carbonyl (C=O) groups is 2. The molecule has 0 bridgehead atoms. The molecule has 0 N–H and O–H groups in total. The van der Waals surface area contributed by atoms with E-state index >= 15 is 0 Å². The van der Waals surface area contributed by atoms with Crippen molar-refractivity contribution in [3.63, 3.8) is 0 Å². The van der Waals surface area contributed by atoms with Crippen LogP contribution in [-0.2, 0) is 24.5 Å². The Bertz CT molecular complexity index is 1060. The molecule has 11 heteroatoms. The average molecular weight is 516 g/mol. The van der Waals surface area contributed by atoms with Crippen LogP contribution < -0.4 is 4.74 Å². The van der Waals surface area contributed by atoms with Crippen LogP contribution in [0.5, 0.6) is 5.75 Å². The summed E-state index contributed by atoms with van der Waals surface area (Å²) in [7, 11) is 0. The molecule has 1 unspecified atom stereocenters. The van der Waals surface area contributed by atoms with Gasteiger partial charge in [0.2, 0.25) is 5.41 Å². The molecular weight excluding hydrogens is 494 g/mol. The minimum Gasteiger partial charge on any atom is -0.490 e. The molecule has 5 nitrogen and oxygen atoms in total. The lowest BCUT2D eigenvalue weighted by molar-refractivity contribution is -0.288. The Morgan fingerprint density at radius 1 is 0.806 bits per heavy atom. The third-order valence-electron chi connectivity index (χ3n) is 5.09. The Balaban J connectivity index is 2.37. The Hall–Kier alpha value is -3.76. The largest absolute Gasteiger partial charge is 0.490 e. The van der Waals surface area contributed by atoms with E-state index in [1.807, 2.05) is 0 Å². The maximum atomic E-state index is 14.2. The fraction of sp³-hybridized carbons (Fsp3) is 0.280. The molecule has 0 saturated carbocycles.